The van der Waals surface area contributed by atoms with E-state index in [1.807, 2.05) is 4.90 Å². The maximum Gasteiger partial charge on any atom is 0.434 e. The third-order valence-electron chi connectivity index (χ3n) is 3.36. The average Bonchev–Trinajstić information content (AvgIpc) is 2.78. The fraction of sp³-hybridized carbons (Fsp3) is 0.727. The molecule has 0 aromatic carbocycles. The molecule has 2 heterocycles. The number of aliphatic hydroxyl groups is 1. The van der Waals surface area contributed by atoms with E-state index in [9.17, 15) is 15.2 Å². The lowest BCUT2D eigenvalue weighted by molar-refractivity contribution is -0.397. The summed E-state index contributed by atoms with van der Waals surface area (Å²) in [4.78, 5) is 15.9. The second-order valence-electron chi connectivity index (χ2n) is 4.88. The highest BCUT2D eigenvalue weighted by molar-refractivity contribution is 5.07. The molecule has 1 atom stereocenters. The third kappa shape index (κ3) is 2.68. The predicted molar refractivity (Wildman–Crippen MR) is 64.9 cm³/mol. The van der Waals surface area contributed by atoms with Gasteiger partial charge in [0.25, 0.3) is 0 Å². The van der Waals surface area contributed by atoms with Gasteiger partial charge in [-0.1, -0.05) is 11.4 Å². The largest absolute Gasteiger partial charge is 0.434 e. The quantitative estimate of drug-likeness (QED) is 0.639. The summed E-state index contributed by atoms with van der Waals surface area (Å²) in [6, 6.07) is 0. The standard InChI is InChI=1S/C11H18N4O3/c1-11(16,14-6-3-2-4-7-14)9-13-8-5-12-10(13)15(17)18/h5,8,16H,2-4,6-7,9H2,1H3. The van der Waals surface area contributed by atoms with Crippen LogP contribution in [0.4, 0.5) is 5.95 Å². The van der Waals surface area contributed by atoms with Crippen molar-refractivity contribution in [2.45, 2.75) is 38.5 Å². The molecule has 7 heteroatoms. The minimum absolute atomic E-state index is 0.156. The molecule has 18 heavy (non-hydrogen) atoms. The summed E-state index contributed by atoms with van der Waals surface area (Å²) in [6.45, 7) is 3.51. The Morgan fingerprint density at radius 1 is 1.50 bits per heavy atom. The first-order chi connectivity index (χ1) is 8.50. The molecule has 0 spiro atoms. The summed E-state index contributed by atoms with van der Waals surface area (Å²) < 4.78 is 1.38. The molecule has 1 aromatic rings. The SMILES string of the molecule is CC(O)(Cn1ccnc1[N+](=O)[O-])N1CCCCC1. The monoisotopic (exact) mass is 254 g/mol. The number of likely N-dealkylation sites (tertiary alicyclic amines) is 1. The highest BCUT2D eigenvalue weighted by atomic mass is 16.6. The van der Waals surface area contributed by atoms with Gasteiger partial charge in [0.1, 0.15) is 24.7 Å². The lowest BCUT2D eigenvalue weighted by Gasteiger charge is -2.38. The molecule has 0 saturated carbocycles. The summed E-state index contributed by atoms with van der Waals surface area (Å²) in [5.74, 6) is -0.229. The smallest absolute Gasteiger partial charge is 0.390 e. The summed E-state index contributed by atoms with van der Waals surface area (Å²) >= 11 is 0. The maximum absolute atomic E-state index is 10.8. The van der Waals surface area contributed by atoms with Gasteiger partial charge < -0.3 is 15.2 Å². The van der Waals surface area contributed by atoms with Crippen molar-refractivity contribution >= 4 is 5.95 Å². The lowest BCUT2D eigenvalue weighted by Crippen LogP contribution is -2.51. The summed E-state index contributed by atoms with van der Waals surface area (Å²) in [5, 5.41) is 21.2. The molecule has 1 unspecified atom stereocenters. The average molecular weight is 254 g/mol. The van der Waals surface area contributed by atoms with Crippen LogP contribution in [0.2, 0.25) is 0 Å². The third-order valence-corrected chi connectivity index (χ3v) is 3.36. The van der Waals surface area contributed by atoms with Crippen molar-refractivity contribution < 1.29 is 10.0 Å². The molecule has 1 N–H and O–H groups in total. The van der Waals surface area contributed by atoms with Gasteiger partial charge in [-0.2, -0.15) is 0 Å². The van der Waals surface area contributed by atoms with Crippen LogP contribution in [0, 0.1) is 10.1 Å². The Hall–Kier alpha value is -1.47. The van der Waals surface area contributed by atoms with Gasteiger partial charge >= 0.3 is 5.95 Å². The second kappa shape index (κ2) is 5.03. The summed E-state index contributed by atoms with van der Waals surface area (Å²) in [5.41, 5.74) is -1.08. The van der Waals surface area contributed by atoms with Gasteiger partial charge in [0, 0.05) is 13.1 Å². The molecule has 1 aromatic heterocycles. The first-order valence-corrected chi connectivity index (χ1v) is 6.14. The van der Waals surface area contributed by atoms with Gasteiger partial charge in [0.15, 0.2) is 0 Å². The lowest BCUT2D eigenvalue weighted by atomic mass is 10.1. The number of hydrogen-bond acceptors (Lipinski definition) is 5. The molecule has 1 aliphatic rings. The zero-order valence-corrected chi connectivity index (χ0v) is 10.4. The van der Waals surface area contributed by atoms with Crippen molar-refractivity contribution in [3.8, 4) is 0 Å². The van der Waals surface area contributed by atoms with E-state index in [0.29, 0.717) is 0 Å². The molecule has 1 fully saturated rings. The van der Waals surface area contributed by atoms with E-state index in [4.69, 9.17) is 0 Å². The van der Waals surface area contributed by atoms with Gasteiger partial charge in [0.2, 0.25) is 0 Å². The Labute approximate surface area is 105 Å². The van der Waals surface area contributed by atoms with Crippen LogP contribution in [0.1, 0.15) is 26.2 Å². The van der Waals surface area contributed by atoms with Gasteiger partial charge in [-0.25, -0.2) is 4.57 Å². The molecule has 0 amide bonds. The molecule has 2 rings (SSSR count). The van der Waals surface area contributed by atoms with E-state index in [0.717, 1.165) is 25.9 Å². The summed E-state index contributed by atoms with van der Waals surface area (Å²) in [7, 11) is 0. The highest BCUT2D eigenvalue weighted by Gasteiger charge is 2.33. The van der Waals surface area contributed by atoms with E-state index in [1.54, 1.807) is 6.92 Å². The Balaban J connectivity index is 2.11. The van der Waals surface area contributed by atoms with Crippen LogP contribution in [-0.2, 0) is 6.54 Å². The highest BCUT2D eigenvalue weighted by Crippen LogP contribution is 2.22. The predicted octanol–water partition coefficient (Wildman–Crippen LogP) is 0.986. The van der Waals surface area contributed by atoms with Crippen LogP contribution in [0.25, 0.3) is 0 Å². The second-order valence-corrected chi connectivity index (χ2v) is 4.88. The molecule has 0 aliphatic carbocycles. The molecular weight excluding hydrogens is 236 g/mol. The van der Waals surface area contributed by atoms with Crippen molar-refractivity contribution in [2.75, 3.05) is 13.1 Å². The minimum atomic E-state index is -1.08. The van der Waals surface area contributed by atoms with Crippen LogP contribution in [0.5, 0.6) is 0 Å². The van der Waals surface area contributed by atoms with Crippen LogP contribution in [0.15, 0.2) is 12.4 Å². The Bertz CT molecular complexity index is 424. The normalized spacial score (nSPS) is 20.6. The number of nitrogens with zero attached hydrogens (tertiary/aromatic N) is 4. The van der Waals surface area contributed by atoms with E-state index >= 15 is 0 Å². The number of nitro groups is 1. The van der Waals surface area contributed by atoms with Crippen LogP contribution < -0.4 is 0 Å². The van der Waals surface area contributed by atoms with Gasteiger partial charge in [-0.05, 0) is 24.7 Å². The van der Waals surface area contributed by atoms with Crippen molar-refractivity contribution in [1.82, 2.24) is 14.5 Å². The van der Waals surface area contributed by atoms with Crippen LogP contribution in [-0.4, -0.2) is 43.3 Å². The van der Waals surface area contributed by atoms with E-state index in [-0.39, 0.29) is 12.5 Å². The number of hydrogen-bond donors (Lipinski definition) is 1. The first-order valence-electron chi connectivity index (χ1n) is 6.14. The molecule has 0 bridgehead atoms. The molecule has 7 nitrogen and oxygen atoms in total. The molecule has 1 saturated heterocycles. The zero-order valence-electron chi connectivity index (χ0n) is 10.4. The zero-order chi connectivity index (χ0) is 13.2. The Morgan fingerprint density at radius 2 is 2.17 bits per heavy atom. The van der Waals surface area contributed by atoms with Crippen LogP contribution >= 0.6 is 0 Å². The van der Waals surface area contributed by atoms with Crippen molar-refractivity contribution in [2.24, 2.45) is 0 Å². The summed E-state index contributed by atoms with van der Waals surface area (Å²) in [6.07, 6.45) is 6.20. The molecule has 1 aliphatic heterocycles. The number of imidazole rings is 1. The maximum atomic E-state index is 10.8. The van der Waals surface area contributed by atoms with Crippen molar-refractivity contribution in [3.63, 3.8) is 0 Å². The van der Waals surface area contributed by atoms with E-state index < -0.39 is 10.6 Å². The van der Waals surface area contributed by atoms with E-state index in [2.05, 4.69) is 4.98 Å². The van der Waals surface area contributed by atoms with E-state index in [1.165, 1.54) is 23.4 Å². The van der Waals surface area contributed by atoms with Gasteiger partial charge in [-0.3, -0.25) is 4.90 Å². The topological polar surface area (TPSA) is 84.4 Å². The first kappa shape index (κ1) is 13.0. The number of aromatic nitrogens is 2. The van der Waals surface area contributed by atoms with Crippen molar-refractivity contribution in [3.05, 3.63) is 22.5 Å². The fourth-order valence-electron chi connectivity index (χ4n) is 2.40. The molecular formula is C11H18N4O3. The molecule has 100 valence electrons. The Kier molecular flexibility index (Phi) is 3.63. The fourth-order valence-corrected chi connectivity index (χ4v) is 2.40. The van der Waals surface area contributed by atoms with Gasteiger partial charge in [0.05, 0.1) is 0 Å². The molecule has 0 radical (unpaired) electrons. The van der Waals surface area contributed by atoms with Crippen molar-refractivity contribution in [1.29, 1.82) is 0 Å². The van der Waals surface area contributed by atoms with Gasteiger partial charge in [-0.15, -0.1) is 0 Å². The van der Waals surface area contributed by atoms with Crippen LogP contribution in [0.3, 0.4) is 0 Å². The number of piperidine rings is 1. The number of rotatable bonds is 4. The minimum Gasteiger partial charge on any atom is -0.390 e. The Morgan fingerprint density at radius 3 is 2.78 bits per heavy atom.